The standard InChI is InChI=1S/C14H21N5O2.C3H8/c1-17-14(21)12-7-4-8-18(12)13(20)9-19(16)11-6-3-2-5-10(11)15;1-3-2/h2-3,5-6,12H,4,7-9,15-16H2,1H3,(H,17,21);3H2,1-2H3. The fraction of sp³-hybridized carbons (Fsp3) is 0.529. The van der Waals surface area contributed by atoms with Gasteiger partial charge in [-0.1, -0.05) is 32.4 Å². The van der Waals surface area contributed by atoms with Crippen LogP contribution < -0.4 is 21.9 Å². The maximum Gasteiger partial charge on any atom is 0.244 e. The van der Waals surface area contributed by atoms with Crippen LogP contribution in [0.2, 0.25) is 0 Å². The molecule has 7 nitrogen and oxygen atoms in total. The molecular formula is C17H29N5O2. The molecule has 134 valence electrons. The fourth-order valence-electron chi connectivity index (χ4n) is 2.58. The summed E-state index contributed by atoms with van der Waals surface area (Å²) in [6.07, 6.45) is 2.76. The predicted molar refractivity (Wildman–Crippen MR) is 97.2 cm³/mol. The molecule has 0 aromatic heterocycles. The minimum Gasteiger partial charge on any atom is -0.397 e. The molecule has 1 atom stereocenters. The Morgan fingerprint density at radius 3 is 2.54 bits per heavy atom. The van der Waals surface area contributed by atoms with Crippen LogP contribution in [0.3, 0.4) is 0 Å². The second-order valence-corrected chi connectivity index (χ2v) is 5.75. The van der Waals surface area contributed by atoms with Crippen LogP contribution in [-0.4, -0.2) is 42.9 Å². The summed E-state index contributed by atoms with van der Waals surface area (Å²) in [6, 6.07) is 6.69. The number of rotatable bonds is 4. The lowest BCUT2D eigenvalue weighted by Crippen LogP contribution is -2.49. The summed E-state index contributed by atoms with van der Waals surface area (Å²) in [7, 11) is 1.57. The molecule has 7 heteroatoms. The van der Waals surface area contributed by atoms with E-state index in [1.165, 1.54) is 11.4 Å². The first-order valence-corrected chi connectivity index (χ1v) is 8.34. The van der Waals surface area contributed by atoms with E-state index >= 15 is 0 Å². The summed E-state index contributed by atoms with van der Waals surface area (Å²) >= 11 is 0. The number of hydrogen-bond acceptors (Lipinski definition) is 5. The summed E-state index contributed by atoms with van der Waals surface area (Å²) in [5.74, 6) is 5.61. The van der Waals surface area contributed by atoms with Crippen molar-refractivity contribution in [1.82, 2.24) is 10.2 Å². The number of likely N-dealkylation sites (tertiary alicyclic amines) is 1. The molecule has 0 spiro atoms. The largest absolute Gasteiger partial charge is 0.397 e. The molecule has 1 aliphatic rings. The van der Waals surface area contributed by atoms with Crippen molar-refractivity contribution < 1.29 is 9.59 Å². The average molecular weight is 335 g/mol. The summed E-state index contributed by atoms with van der Waals surface area (Å²) < 4.78 is 0. The van der Waals surface area contributed by atoms with Crippen molar-refractivity contribution in [3.8, 4) is 0 Å². The minimum absolute atomic E-state index is 0.0122. The van der Waals surface area contributed by atoms with Crippen LogP contribution in [-0.2, 0) is 9.59 Å². The molecule has 0 radical (unpaired) electrons. The van der Waals surface area contributed by atoms with Gasteiger partial charge in [0.25, 0.3) is 0 Å². The molecule has 2 amide bonds. The zero-order valence-electron chi connectivity index (χ0n) is 14.8. The van der Waals surface area contributed by atoms with Crippen LogP contribution >= 0.6 is 0 Å². The second-order valence-electron chi connectivity index (χ2n) is 5.75. The zero-order chi connectivity index (χ0) is 18.1. The van der Waals surface area contributed by atoms with Crippen LogP contribution in [0, 0.1) is 0 Å². The van der Waals surface area contributed by atoms with Gasteiger partial charge in [-0.25, -0.2) is 5.84 Å². The van der Waals surface area contributed by atoms with E-state index in [1.54, 1.807) is 36.2 Å². The molecule has 0 bridgehead atoms. The van der Waals surface area contributed by atoms with Crippen molar-refractivity contribution in [2.45, 2.75) is 39.2 Å². The number of amides is 2. The third-order valence-electron chi connectivity index (χ3n) is 3.67. The van der Waals surface area contributed by atoms with Gasteiger partial charge in [0, 0.05) is 13.6 Å². The van der Waals surface area contributed by atoms with Crippen molar-refractivity contribution >= 4 is 23.2 Å². The normalized spacial score (nSPS) is 16.2. The van der Waals surface area contributed by atoms with Gasteiger partial charge >= 0.3 is 0 Å². The Morgan fingerprint density at radius 1 is 1.33 bits per heavy atom. The number of nitrogen functional groups attached to an aromatic ring is 1. The van der Waals surface area contributed by atoms with E-state index in [-0.39, 0.29) is 18.4 Å². The quantitative estimate of drug-likeness (QED) is 0.434. The van der Waals surface area contributed by atoms with Gasteiger partial charge in [-0.3, -0.25) is 14.6 Å². The van der Waals surface area contributed by atoms with Crippen LogP contribution in [0.15, 0.2) is 24.3 Å². The monoisotopic (exact) mass is 335 g/mol. The van der Waals surface area contributed by atoms with Gasteiger partial charge in [0.2, 0.25) is 11.8 Å². The minimum atomic E-state index is -0.399. The molecule has 1 aromatic carbocycles. The van der Waals surface area contributed by atoms with Crippen LogP contribution in [0.1, 0.15) is 33.1 Å². The molecule has 1 saturated heterocycles. The Kier molecular flexibility index (Phi) is 8.05. The number of nitrogens with two attached hydrogens (primary N) is 2. The van der Waals surface area contributed by atoms with Gasteiger partial charge in [-0.2, -0.15) is 0 Å². The lowest BCUT2D eigenvalue weighted by molar-refractivity contribution is -0.137. The Hall–Kier alpha value is -2.28. The summed E-state index contributed by atoms with van der Waals surface area (Å²) in [5, 5.41) is 3.90. The molecule has 1 aromatic rings. The third kappa shape index (κ3) is 5.13. The van der Waals surface area contributed by atoms with Crippen molar-refractivity contribution in [1.29, 1.82) is 0 Å². The van der Waals surface area contributed by atoms with Gasteiger partial charge in [-0.15, -0.1) is 0 Å². The highest BCUT2D eigenvalue weighted by molar-refractivity contribution is 5.90. The van der Waals surface area contributed by atoms with Crippen molar-refractivity contribution in [2.75, 3.05) is 30.9 Å². The number of likely N-dealkylation sites (N-methyl/N-ethyl adjacent to an activating group) is 1. The van der Waals surface area contributed by atoms with Crippen LogP contribution in [0.5, 0.6) is 0 Å². The maximum atomic E-state index is 12.4. The van der Waals surface area contributed by atoms with Gasteiger partial charge in [0.05, 0.1) is 11.4 Å². The smallest absolute Gasteiger partial charge is 0.244 e. The molecule has 1 heterocycles. The van der Waals surface area contributed by atoms with Crippen LogP contribution in [0.4, 0.5) is 11.4 Å². The Balaban J connectivity index is 0.000000891. The first-order chi connectivity index (χ1) is 11.5. The van der Waals surface area contributed by atoms with Crippen molar-refractivity contribution in [3.63, 3.8) is 0 Å². The maximum absolute atomic E-state index is 12.4. The zero-order valence-corrected chi connectivity index (χ0v) is 14.8. The van der Waals surface area contributed by atoms with E-state index in [9.17, 15) is 9.59 Å². The topological polar surface area (TPSA) is 105 Å². The number of benzene rings is 1. The summed E-state index contributed by atoms with van der Waals surface area (Å²) in [4.78, 5) is 25.7. The highest BCUT2D eigenvalue weighted by atomic mass is 16.2. The molecular weight excluding hydrogens is 306 g/mol. The van der Waals surface area contributed by atoms with E-state index in [1.807, 2.05) is 0 Å². The number of nitrogens with zero attached hydrogens (tertiary/aromatic N) is 2. The second kappa shape index (κ2) is 9.77. The van der Waals surface area contributed by atoms with E-state index in [2.05, 4.69) is 19.2 Å². The molecule has 1 fully saturated rings. The molecule has 1 unspecified atom stereocenters. The van der Waals surface area contributed by atoms with Gasteiger partial charge < -0.3 is 16.0 Å². The molecule has 5 N–H and O–H groups in total. The lowest BCUT2D eigenvalue weighted by Gasteiger charge is -2.27. The Labute approximate surface area is 143 Å². The van der Waals surface area contributed by atoms with E-state index in [0.717, 1.165) is 6.42 Å². The Bertz CT molecular complexity index is 550. The van der Waals surface area contributed by atoms with Gasteiger partial charge in [0.1, 0.15) is 12.6 Å². The summed E-state index contributed by atoms with van der Waals surface area (Å²) in [5.41, 5.74) is 6.95. The number of carbonyl (C=O) groups excluding carboxylic acids is 2. The summed E-state index contributed by atoms with van der Waals surface area (Å²) in [6.45, 7) is 4.82. The van der Waals surface area contributed by atoms with Crippen LogP contribution in [0.25, 0.3) is 0 Å². The number of hydrazine groups is 1. The number of para-hydroxylation sites is 2. The van der Waals surface area contributed by atoms with E-state index in [0.29, 0.717) is 24.3 Å². The van der Waals surface area contributed by atoms with E-state index in [4.69, 9.17) is 11.6 Å². The van der Waals surface area contributed by atoms with Crippen molar-refractivity contribution in [2.24, 2.45) is 5.84 Å². The highest BCUT2D eigenvalue weighted by Crippen LogP contribution is 2.21. The Morgan fingerprint density at radius 2 is 1.96 bits per heavy atom. The fourth-order valence-corrected chi connectivity index (χ4v) is 2.58. The van der Waals surface area contributed by atoms with Gasteiger partial charge in [-0.05, 0) is 25.0 Å². The highest BCUT2D eigenvalue weighted by Gasteiger charge is 2.33. The molecule has 0 saturated carbocycles. The molecule has 1 aliphatic heterocycles. The number of hydrogen-bond donors (Lipinski definition) is 3. The lowest BCUT2D eigenvalue weighted by atomic mass is 10.2. The molecule has 0 aliphatic carbocycles. The van der Waals surface area contributed by atoms with E-state index < -0.39 is 6.04 Å². The number of carbonyl (C=O) groups is 2. The molecule has 24 heavy (non-hydrogen) atoms. The first-order valence-electron chi connectivity index (χ1n) is 8.34. The van der Waals surface area contributed by atoms with Gasteiger partial charge in [0.15, 0.2) is 0 Å². The number of nitrogens with one attached hydrogen (secondary N) is 1. The van der Waals surface area contributed by atoms with Crippen molar-refractivity contribution in [3.05, 3.63) is 24.3 Å². The number of anilines is 2. The molecule has 2 rings (SSSR count). The third-order valence-corrected chi connectivity index (χ3v) is 3.67. The average Bonchev–Trinajstić information content (AvgIpc) is 3.05. The SMILES string of the molecule is CCC.CNC(=O)C1CCCN1C(=O)CN(N)c1ccccc1N. The predicted octanol–water partition coefficient (Wildman–Crippen LogP) is 1.10. The first kappa shape index (κ1) is 19.8.